The Morgan fingerprint density at radius 1 is 1.38 bits per heavy atom. The van der Waals surface area contributed by atoms with Crippen molar-refractivity contribution in [3.63, 3.8) is 0 Å². The van der Waals surface area contributed by atoms with Gasteiger partial charge in [-0.3, -0.25) is 8.37 Å². The van der Waals surface area contributed by atoms with E-state index >= 15 is 0 Å². The SMILES string of the molecule is CC(C)[C@@H]1C[C@@H]2[C@H](C)[C@H](OS(C)(=O)=O)[C@H]1C[C@@]2(C)COS(=O)CCl. The van der Waals surface area contributed by atoms with Crippen molar-refractivity contribution in [2.75, 3.05) is 18.1 Å². The van der Waals surface area contributed by atoms with E-state index in [9.17, 15) is 12.6 Å². The molecule has 7 atom stereocenters. The van der Waals surface area contributed by atoms with E-state index in [1.807, 2.05) is 0 Å². The van der Waals surface area contributed by atoms with Crippen molar-refractivity contribution in [1.82, 2.24) is 0 Å². The van der Waals surface area contributed by atoms with Crippen LogP contribution in [0.25, 0.3) is 0 Å². The Kier molecular flexibility index (Phi) is 6.45. The minimum absolute atomic E-state index is 0.0336. The Morgan fingerprint density at radius 3 is 2.50 bits per heavy atom. The van der Waals surface area contributed by atoms with E-state index < -0.39 is 21.2 Å². The lowest BCUT2D eigenvalue weighted by Gasteiger charge is -2.60. The molecule has 0 aromatic rings. The lowest BCUT2D eigenvalue weighted by molar-refractivity contribution is -0.152. The van der Waals surface area contributed by atoms with Gasteiger partial charge in [0.2, 0.25) is 0 Å². The summed E-state index contributed by atoms with van der Waals surface area (Å²) in [6.07, 6.45) is 2.70. The molecular formula is C16H29ClO5S2. The molecular weight excluding hydrogens is 372 g/mol. The first-order valence-electron chi connectivity index (χ1n) is 8.44. The third-order valence-corrected chi connectivity index (χ3v) is 7.66. The fourth-order valence-corrected chi connectivity index (χ4v) is 6.32. The standard InChI is InChI=1S/C16H29ClO5S2/c1-10(2)12-6-14-11(3)15(22-24(5,19)20)13(12)7-16(14,4)8-21-23(18)9-17/h10-15H,6-9H2,1-5H3/t11-,12-,13-,14+,15-,16-,23?/m0/s1. The predicted molar refractivity (Wildman–Crippen MR) is 96.3 cm³/mol. The molecule has 1 unspecified atom stereocenters. The molecule has 3 fully saturated rings. The van der Waals surface area contributed by atoms with E-state index in [1.165, 1.54) is 0 Å². The first-order valence-corrected chi connectivity index (χ1v) is 12.0. The Labute approximate surface area is 153 Å². The summed E-state index contributed by atoms with van der Waals surface area (Å²) < 4.78 is 45.9. The van der Waals surface area contributed by atoms with Gasteiger partial charge in [-0.05, 0) is 47.8 Å². The van der Waals surface area contributed by atoms with Gasteiger partial charge in [0, 0.05) is 0 Å². The van der Waals surface area contributed by atoms with Crippen LogP contribution in [0.3, 0.4) is 0 Å². The van der Waals surface area contributed by atoms with Gasteiger partial charge in [0.1, 0.15) is 5.21 Å². The van der Waals surface area contributed by atoms with Crippen molar-refractivity contribution < 1.29 is 21.0 Å². The second kappa shape index (κ2) is 7.51. The third kappa shape index (κ3) is 4.34. The number of halogens is 1. The summed E-state index contributed by atoms with van der Waals surface area (Å²) in [5, 5.41) is -0.0336. The molecule has 0 N–H and O–H groups in total. The van der Waals surface area contributed by atoms with Crippen molar-refractivity contribution in [3.8, 4) is 0 Å². The summed E-state index contributed by atoms with van der Waals surface area (Å²) in [7, 11) is -3.49. The molecule has 0 aliphatic heterocycles. The predicted octanol–water partition coefficient (Wildman–Crippen LogP) is 3.16. The maximum atomic E-state index is 11.7. The molecule has 3 aliphatic carbocycles. The number of alkyl halides is 1. The summed E-state index contributed by atoms with van der Waals surface area (Å²) in [6.45, 7) is 8.97. The van der Waals surface area contributed by atoms with Crippen LogP contribution < -0.4 is 0 Å². The van der Waals surface area contributed by atoms with Gasteiger partial charge in [-0.1, -0.05) is 27.7 Å². The number of fused-ring (bicyclic) bond motifs is 3. The second-order valence-electron chi connectivity index (χ2n) is 8.07. The average molecular weight is 401 g/mol. The zero-order chi connectivity index (χ0) is 18.3. The molecule has 0 amide bonds. The Hall–Kier alpha value is 0.310. The maximum absolute atomic E-state index is 11.7. The normalized spacial score (nSPS) is 40.9. The number of hydrogen-bond donors (Lipinski definition) is 0. The van der Waals surface area contributed by atoms with Gasteiger partial charge in [-0.15, -0.1) is 11.6 Å². The van der Waals surface area contributed by atoms with E-state index in [4.69, 9.17) is 20.0 Å². The average Bonchev–Trinajstić information content (AvgIpc) is 2.47. The van der Waals surface area contributed by atoms with Gasteiger partial charge in [0.15, 0.2) is 11.1 Å². The summed E-state index contributed by atoms with van der Waals surface area (Å²) >= 11 is 4.10. The maximum Gasteiger partial charge on any atom is 0.264 e. The fourth-order valence-electron chi connectivity index (χ4n) is 4.95. The summed E-state index contributed by atoms with van der Waals surface area (Å²) in [4.78, 5) is 0. The summed E-state index contributed by atoms with van der Waals surface area (Å²) in [5.74, 6) is 1.46. The molecule has 0 aromatic carbocycles. The topological polar surface area (TPSA) is 69.7 Å². The smallest absolute Gasteiger partial charge is 0.264 e. The lowest BCUT2D eigenvalue weighted by atomic mass is 9.47. The highest BCUT2D eigenvalue weighted by molar-refractivity contribution is 7.86. The molecule has 5 nitrogen and oxygen atoms in total. The molecule has 142 valence electrons. The van der Waals surface area contributed by atoms with Crippen LogP contribution in [0.5, 0.6) is 0 Å². The zero-order valence-electron chi connectivity index (χ0n) is 15.0. The lowest BCUT2D eigenvalue weighted by Crippen LogP contribution is -2.59. The van der Waals surface area contributed by atoms with Gasteiger partial charge in [0.25, 0.3) is 10.1 Å². The molecule has 0 spiro atoms. The Morgan fingerprint density at radius 2 is 2.00 bits per heavy atom. The van der Waals surface area contributed by atoms with Gasteiger partial charge >= 0.3 is 0 Å². The molecule has 3 saturated carbocycles. The number of rotatable bonds is 7. The van der Waals surface area contributed by atoms with Crippen molar-refractivity contribution >= 4 is 32.8 Å². The fraction of sp³-hybridized carbons (Fsp3) is 1.00. The van der Waals surface area contributed by atoms with Crippen LogP contribution >= 0.6 is 11.6 Å². The van der Waals surface area contributed by atoms with Gasteiger partial charge in [0.05, 0.1) is 19.0 Å². The highest BCUT2D eigenvalue weighted by atomic mass is 35.5. The Bertz CT molecular complexity index is 579. The molecule has 8 heteroatoms. The van der Waals surface area contributed by atoms with Crippen molar-refractivity contribution in [3.05, 3.63) is 0 Å². The summed E-state index contributed by atoms with van der Waals surface area (Å²) in [6, 6.07) is 0. The van der Waals surface area contributed by atoms with Crippen LogP contribution in [-0.4, -0.2) is 36.8 Å². The van der Waals surface area contributed by atoms with E-state index in [0.29, 0.717) is 18.4 Å². The van der Waals surface area contributed by atoms with E-state index in [2.05, 4.69) is 27.7 Å². The van der Waals surface area contributed by atoms with Crippen LogP contribution in [0, 0.1) is 35.0 Å². The minimum Gasteiger partial charge on any atom is -0.289 e. The first-order chi connectivity index (χ1) is 11.0. The highest BCUT2D eigenvalue weighted by Gasteiger charge is 2.58. The first kappa shape index (κ1) is 20.6. The molecule has 2 bridgehead atoms. The third-order valence-electron chi connectivity index (χ3n) is 6.00. The Balaban J connectivity index is 2.25. The van der Waals surface area contributed by atoms with Crippen LogP contribution in [0.15, 0.2) is 0 Å². The largest absolute Gasteiger partial charge is 0.289 e. The van der Waals surface area contributed by atoms with Crippen molar-refractivity contribution in [2.24, 2.45) is 35.0 Å². The molecule has 0 aromatic heterocycles. The molecule has 3 aliphatic rings. The van der Waals surface area contributed by atoms with E-state index in [1.54, 1.807) is 0 Å². The van der Waals surface area contributed by atoms with Gasteiger partial charge in [-0.25, -0.2) is 4.21 Å². The summed E-state index contributed by atoms with van der Waals surface area (Å²) in [5.41, 5.74) is -0.130. The van der Waals surface area contributed by atoms with Gasteiger partial charge < -0.3 is 0 Å². The van der Waals surface area contributed by atoms with Crippen LogP contribution in [0.1, 0.15) is 40.5 Å². The molecule has 3 rings (SSSR count). The second-order valence-corrected chi connectivity index (χ2v) is 11.4. The molecule has 24 heavy (non-hydrogen) atoms. The van der Waals surface area contributed by atoms with Crippen LogP contribution in [-0.2, 0) is 29.6 Å². The van der Waals surface area contributed by atoms with Crippen molar-refractivity contribution in [1.29, 1.82) is 0 Å². The molecule has 0 heterocycles. The van der Waals surface area contributed by atoms with Crippen molar-refractivity contribution in [2.45, 2.75) is 46.6 Å². The van der Waals surface area contributed by atoms with Gasteiger partial charge in [-0.2, -0.15) is 8.42 Å². The van der Waals surface area contributed by atoms with E-state index in [0.717, 1.165) is 19.1 Å². The van der Waals surface area contributed by atoms with E-state index in [-0.39, 0.29) is 34.5 Å². The quantitative estimate of drug-likeness (QED) is 0.485. The number of hydrogen-bond acceptors (Lipinski definition) is 5. The molecule has 0 saturated heterocycles. The molecule has 0 radical (unpaired) electrons. The highest BCUT2D eigenvalue weighted by Crippen LogP contribution is 2.59. The minimum atomic E-state index is -3.49. The monoisotopic (exact) mass is 400 g/mol. The van der Waals surface area contributed by atoms with Crippen LogP contribution in [0.4, 0.5) is 0 Å². The zero-order valence-corrected chi connectivity index (χ0v) is 17.4. The van der Waals surface area contributed by atoms with Crippen LogP contribution in [0.2, 0.25) is 0 Å².